The third-order valence-corrected chi connectivity index (χ3v) is 5.05. The van der Waals surface area contributed by atoms with Crippen LogP contribution in [-0.4, -0.2) is 14.3 Å². The number of anilines is 1. The average molecular weight is 370 g/mol. The van der Waals surface area contributed by atoms with Crippen molar-refractivity contribution in [1.82, 2.24) is 9.78 Å². The number of rotatable bonds is 1. The summed E-state index contributed by atoms with van der Waals surface area (Å²) in [7, 11) is 0. The molecule has 0 spiro atoms. The highest BCUT2D eigenvalue weighted by atomic mass is 35.5. The Kier molecular flexibility index (Phi) is 3.75. The summed E-state index contributed by atoms with van der Waals surface area (Å²) in [6, 6.07) is 1.54. The lowest BCUT2D eigenvalue weighted by atomic mass is 10.2. The van der Waals surface area contributed by atoms with E-state index in [0.717, 1.165) is 12.1 Å². The molecule has 22 heavy (non-hydrogen) atoms. The van der Waals surface area contributed by atoms with Gasteiger partial charge < -0.3 is 10.3 Å². The van der Waals surface area contributed by atoms with Gasteiger partial charge in [-0.1, -0.05) is 23.2 Å². The van der Waals surface area contributed by atoms with Crippen molar-refractivity contribution in [3.63, 3.8) is 0 Å². The molecule has 0 saturated carbocycles. The monoisotopic (exact) mass is 369 g/mol. The highest BCUT2D eigenvalue weighted by molar-refractivity contribution is 7.90. The molecule has 4 nitrogen and oxygen atoms in total. The van der Waals surface area contributed by atoms with Crippen LogP contribution in [-0.2, 0) is 28.9 Å². The molecule has 1 atom stereocenters. The second kappa shape index (κ2) is 5.23. The average Bonchev–Trinajstić information content (AvgIpc) is 2.87. The van der Waals surface area contributed by atoms with Crippen molar-refractivity contribution in [1.29, 1.82) is 0 Å². The first kappa shape index (κ1) is 15.8. The van der Waals surface area contributed by atoms with Gasteiger partial charge >= 0.3 is 6.18 Å². The van der Waals surface area contributed by atoms with Crippen molar-refractivity contribution in [2.75, 3.05) is 5.73 Å². The summed E-state index contributed by atoms with van der Waals surface area (Å²) in [5.41, 5.74) is 6.22. The van der Waals surface area contributed by atoms with E-state index in [0.29, 0.717) is 11.3 Å². The highest BCUT2D eigenvalue weighted by Crippen LogP contribution is 2.39. The lowest BCUT2D eigenvalue weighted by Crippen LogP contribution is -2.10. The zero-order valence-electron chi connectivity index (χ0n) is 10.7. The van der Waals surface area contributed by atoms with Crippen LogP contribution in [0.1, 0.15) is 16.8 Å². The van der Waals surface area contributed by atoms with Gasteiger partial charge in [-0.25, -0.2) is 4.68 Å². The maximum absolute atomic E-state index is 12.7. The number of benzene rings is 1. The lowest BCUT2D eigenvalue weighted by Gasteiger charge is -2.13. The molecular weight excluding hydrogens is 362 g/mol. The Bertz CT molecular complexity index is 740. The van der Waals surface area contributed by atoms with Gasteiger partial charge in [0.1, 0.15) is 28.7 Å². The molecule has 0 fully saturated rings. The van der Waals surface area contributed by atoms with Gasteiger partial charge in [-0.15, -0.1) is 0 Å². The smallest absolute Gasteiger partial charge is 0.416 e. The Morgan fingerprint density at radius 1 is 1.23 bits per heavy atom. The van der Waals surface area contributed by atoms with Gasteiger partial charge in [-0.3, -0.25) is 0 Å². The number of nitrogens with zero attached hydrogens (tertiary/aromatic N) is 2. The zero-order valence-corrected chi connectivity index (χ0v) is 13.1. The highest BCUT2D eigenvalue weighted by Gasteiger charge is 2.34. The number of hydrogen-bond acceptors (Lipinski definition) is 3. The molecule has 0 amide bonds. The number of aromatic nitrogens is 2. The summed E-state index contributed by atoms with van der Waals surface area (Å²) < 4.78 is 50.9. The molecule has 0 saturated heterocycles. The molecule has 3 rings (SSSR count). The molecule has 2 aromatic rings. The molecule has 1 aromatic carbocycles. The van der Waals surface area contributed by atoms with Crippen molar-refractivity contribution < 1.29 is 17.7 Å². The van der Waals surface area contributed by atoms with Gasteiger partial charge in [0.15, 0.2) is 0 Å². The SMILES string of the molecule is Nc1c2c(nn1-c1c(Cl)cc(C(F)(F)F)cc1Cl)C[S+]([O-])C2. The fraction of sp³-hybridized carbons (Fsp3) is 0.250. The van der Waals surface area contributed by atoms with Crippen LogP contribution >= 0.6 is 23.2 Å². The predicted octanol–water partition coefficient (Wildman–Crippen LogP) is 3.54. The van der Waals surface area contributed by atoms with E-state index < -0.39 is 22.9 Å². The van der Waals surface area contributed by atoms with Crippen molar-refractivity contribution in [2.45, 2.75) is 17.7 Å². The van der Waals surface area contributed by atoms with Gasteiger partial charge in [0.2, 0.25) is 0 Å². The molecule has 2 N–H and O–H groups in total. The predicted molar refractivity (Wildman–Crippen MR) is 78.5 cm³/mol. The number of hydrogen-bond donors (Lipinski definition) is 1. The van der Waals surface area contributed by atoms with Crippen LogP contribution in [0.2, 0.25) is 10.0 Å². The maximum Gasteiger partial charge on any atom is 0.416 e. The summed E-state index contributed by atoms with van der Waals surface area (Å²) in [6.45, 7) is 0. The molecule has 10 heteroatoms. The summed E-state index contributed by atoms with van der Waals surface area (Å²) >= 11 is 10.8. The quantitative estimate of drug-likeness (QED) is 0.781. The number of nitrogens with two attached hydrogens (primary N) is 1. The number of alkyl halides is 3. The largest absolute Gasteiger partial charge is 0.616 e. The minimum atomic E-state index is -4.56. The first-order chi connectivity index (χ1) is 10.2. The molecule has 0 radical (unpaired) electrons. The van der Waals surface area contributed by atoms with E-state index in [1.165, 1.54) is 4.68 Å². The normalized spacial score (nSPS) is 17.8. The van der Waals surface area contributed by atoms with E-state index in [4.69, 9.17) is 28.9 Å². The van der Waals surface area contributed by atoms with E-state index in [2.05, 4.69) is 5.10 Å². The molecule has 1 aliphatic heterocycles. The lowest BCUT2D eigenvalue weighted by molar-refractivity contribution is -0.137. The fourth-order valence-electron chi connectivity index (χ4n) is 2.25. The Morgan fingerprint density at radius 2 is 1.82 bits per heavy atom. The van der Waals surface area contributed by atoms with Crippen molar-refractivity contribution in [3.05, 3.63) is 39.0 Å². The van der Waals surface area contributed by atoms with E-state index in [-0.39, 0.29) is 33.1 Å². The van der Waals surface area contributed by atoms with E-state index in [9.17, 15) is 17.7 Å². The van der Waals surface area contributed by atoms with E-state index >= 15 is 0 Å². The van der Waals surface area contributed by atoms with Gasteiger partial charge in [0.05, 0.1) is 21.2 Å². The minimum Gasteiger partial charge on any atom is -0.616 e. The first-order valence-corrected chi connectivity index (χ1v) is 8.20. The number of halogens is 5. The van der Waals surface area contributed by atoms with Crippen LogP contribution in [0.5, 0.6) is 0 Å². The van der Waals surface area contributed by atoms with Crippen molar-refractivity contribution in [3.8, 4) is 5.69 Å². The van der Waals surface area contributed by atoms with Crippen LogP contribution in [0, 0.1) is 0 Å². The first-order valence-electron chi connectivity index (χ1n) is 5.96. The van der Waals surface area contributed by atoms with E-state index in [1.54, 1.807) is 0 Å². The Morgan fingerprint density at radius 3 is 2.32 bits per heavy atom. The Balaban J connectivity index is 2.13. The van der Waals surface area contributed by atoms with Crippen LogP contribution in [0.25, 0.3) is 5.69 Å². The van der Waals surface area contributed by atoms with Crippen LogP contribution in [0.3, 0.4) is 0 Å². The van der Waals surface area contributed by atoms with E-state index in [1.807, 2.05) is 0 Å². The summed E-state index contributed by atoms with van der Waals surface area (Å²) in [5, 5.41) is 3.74. The van der Waals surface area contributed by atoms with Crippen molar-refractivity contribution >= 4 is 40.2 Å². The van der Waals surface area contributed by atoms with Crippen LogP contribution < -0.4 is 5.73 Å². The van der Waals surface area contributed by atoms with Gasteiger partial charge in [-0.05, 0) is 23.3 Å². The summed E-state index contributed by atoms with van der Waals surface area (Å²) in [6.07, 6.45) is -4.56. The van der Waals surface area contributed by atoms with Gasteiger partial charge in [-0.2, -0.15) is 18.3 Å². The standard InChI is InChI=1S/C12H8Cl2F3N3OS/c13-7-1-5(12(15,16)17)2-8(14)10(7)20-11(18)6-3-22(21)4-9(6)19-20/h1-2H,3-4,18H2. The Hall–Kier alpha value is -1.09. The Labute approximate surface area is 136 Å². The molecule has 1 aromatic heterocycles. The number of fused-ring (bicyclic) bond motifs is 1. The molecule has 0 aliphatic carbocycles. The second-order valence-electron chi connectivity index (χ2n) is 4.74. The third kappa shape index (κ3) is 2.54. The molecule has 2 heterocycles. The molecule has 1 unspecified atom stereocenters. The van der Waals surface area contributed by atoms with Gasteiger partial charge in [0, 0.05) is 0 Å². The molecule has 0 bridgehead atoms. The third-order valence-electron chi connectivity index (χ3n) is 3.27. The number of nitrogen functional groups attached to an aromatic ring is 1. The molecule has 118 valence electrons. The maximum atomic E-state index is 12.7. The molecule has 1 aliphatic rings. The zero-order chi connectivity index (χ0) is 16.2. The summed E-state index contributed by atoms with van der Waals surface area (Å²) in [5.74, 6) is 0.698. The van der Waals surface area contributed by atoms with Gasteiger partial charge in [0.25, 0.3) is 0 Å². The topological polar surface area (TPSA) is 66.9 Å². The fourth-order valence-corrected chi connectivity index (χ4v) is 4.17. The second-order valence-corrected chi connectivity index (χ2v) is 7.01. The molecular formula is C12H8Cl2F3N3OS. The minimum absolute atomic E-state index is 0.0778. The van der Waals surface area contributed by atoms with Crippen LogP contribution in [0.4, 0.5) is 19.0 Å². The summed E-state index contributed by atoms with van der Waals surface area (Å²) in [4.78, 5) is 0. The van der Waals surface area contributed by atoms with Crippen LogP contribution in [0.15, 0.2) is 12.1 Å². The van der Waals surface area contributed by atoms with Crippen molar-refractivity contribution in [2.24, 2.45) is 0 Å².